The summed E-state index contributed by atoms with van der Waals surface area (Å²) in [7, 11) is -3.65. The van der Waals surface area contributed by atoms with Crippen LogP contribution in [-0.2, 0) is 11.8 Å². The van der Waals surface area contributed by atoms with Gasteiger partial charge in [-0.25, -0.2) is 0 Å². The topological polar surface area (TPSA) is 0 Å². The standard InChI is InChI=1S/C29H45PSSi2/c1-32(2,27-21-13-7-14-22-27)29(33(3,4)28-23-15-8-16-24-28)30(31,25-17-9-5-10-18-25)26-19-11-6-12-20-26/h7-8,13-16,21-26,29H,5-6,9-12,17-20H2,1-4H3. The van der Waals surface area contributed by atoms with E-state index in [4.69, 9.17) is 11.8 Å². The fourth-order valence-corrected chi connectivity index (χ4v) is 39.9. The molecule has 0 saturated heterocycles. The average molecular weight is 513 g/mol. The molecule has 0 amide bonds. The maximum atomic E-state index is 7.34. The molecule has 0 spiro atoms. The first-order valence-corrected chi connectivity index (χ1v) is 22.7. The van der Waals surface area contributed by atoms with E-state index in [2.05, 4.69) is 86.9 Å². The Bertz CT molecular complexity index is 855. The minimum absolute atomic E-state index is 0.767. The third-order valence-electron chi connectivity index (χ3n) is 9.10. The zero-order chi connectivity index (χ0) is 23.5. The minimum atomic E-state index is -1.82. The van der Waals surface area contributed by atoms with E-state index < -0.39 is 22.2 Å². The fraction of sp³-hybridized carbons (Fsp3) is 0.586. The van der Waals surface area contributed by atoms with Crippen molar-refractivity contribution in [1.29, 1.82) is 0 Å². The van der Waals surface area contributed by atoms with Gasteiger partial charge in [-0.05, 0) is 47.9 Å². The quantitative estimate of drug-likeness (QED) is 0.269. The molecule has 180 valence electrons. The van der Waals surface area contributed by atoms with Crippen molar-refractivity contribution in [2.75, 3.05) is 0 Å². The number of benzene rings is 2. The first-order chi connectivity index (χ1) is 15.8. The smallest absolute Gasteiger partial charge is 0.0863 e. The van der Waals surface area contributed by atoms with E-state index in [1.807, 2.05) is 0 Å². The predicted molar refractivity (Wildman–Crippen MR) is 159 cm³/mol. The van der Waals surface area contributed by atoms with Gasteiger partial charge in [0.1, 0.15) is 0 Å². The summed E-state index contributed by atoms with van der Waals surface area (Å²) in [6.45, 7) is 10.8. The number of hydrogen-bond acceptors (Lipinski definition) is 1. The highest BCUT2D eigenvalue weighted by Gasteiger charge is 2.56. The van der Waals surface area contributed by atoms with Crippen LogP contribution in [0.3, 0.4) is 0 Å². The summed E-state index contributed by atoms with van der Waals surface area (Å²) >= 11 is 7.34. The normalized spacial score (nSPS) is 19.7. The van der Waals surface area contributed by atoms with Crippen LogP contribution in [0.15, 0.2) is 60.7 Å². The summed E-state index contributed by atoms with van der Waals surface area (Å²) in [5.41, 5.74) is 1.67. The second-order valence-electron chi connectivity index (χ2n) is 11.9. The average Bonchev–Trinajstić information content (AvgIpc) is 2.86. The molecule has 0 aliphatic heterocycles. The molecular weight excluding hydrogens is 468 g/mol. The number of rotatable bonds is 7. The van der Waals surface area contributed by atoms with Crippen molar-refractivity contribution in [3.05, 3.63) is 60.7 Å². The molecule has 0 radical (unpaired) electrons. The van der Waals surface area contributed by atoms with E-state index in [-0.39, 0.29) is 0 Å². The molecule has 0 heterocycles. The molecule has 4 heteroatoms. The Hall–Kier alpha value is -0.476. The lowest BCUT2D eigenvalue weighted by atomic mass is 9.99. The van der Waals surface area contributed by atoms with Crippen LogP contribution in [0, 0.1) is 0 Å². The second-order valence-corrected chi connectivity index (χ2v) is 28.1. The van der Waals surface area contributed by atoms with Crippen molar-refractivity contribution in [2.24, 2.45) is 0 Å². The van der Waals surface area contributed by atoms with Crippen LogP contribution in [0.5, 0.6) is 0 Å². The Morgan fingerprint density at radius 1 is 0.606 bits per heavy atom. The Morgan fingerprint density at radius 2 is 0.939 bits per heavy atom. The second kappa shape index (κ2) is 10.6. The molecule has 0 aromatic heterocycles. The highest BCUT2D eigenvalue weighted by Crippen LogP contribution is 2.69. The van der Waals surface area contributed by atoms with E-state index in [0.717, 1.165) is 16.2 Å². The molecule has 33 heavy (non-hydrogen) atoms. The molecule has 0 unspecified atom stereocenters. The zero-order valence-corrected chi connectivity index (χ0v) is 25.1. The molecule has 2 aliphatic rings. The van der Waals surface area contributed by atoms with Gasteiger partial charge in [0.2, 0.25) is 0 Å². The molecule has 2 fully saturated rings. The lowest BCUT2D eigenvalue weighted by Crippen LogP contribution is -2.68. The molecule has 4 rings (SSSR count). The fourth-order valence-electron chi connectivity index (χ4n) is 7.65. The molecule has 0 bridgehead atoms. The van der Waals surface area contributed by atoms with Crippen molar-refractivity contribution >= 4 is 44.4 Å². The molecule has 2 aromatic carbocycles. The predicted octanol–water partition coefficient (Wildman–Crippen LogP) is 7.81. The highest BCUT2D eigenvalue weighted by molar-refractivity contribution is 8.17. The van der Waals surface area contributed by atoms with Gasteiger partial charge >= 0.3 is 0 Å². The number of hydrogen-bond donors (Lipinski definition) is 0. The van der Waals surface area contributed by atoms with E-state index in [0.29, 0.717) is 0 Å². The maximum absolute atomic E-state index is 7.34. The summed E-state index contributed by atoms with van der Waals surface area (Å²) in [5, 5.41) is 3.29. The Balaban J connectivity index is 1.93. The zero-order valence-electron chi connectivity index (χ0n) is 21.4. The molecule has 2 saturated carbocycles. The molecule has 0 nitrogen and oxygen atoms in total. The van der Waals surface area contributed by atoms with Crippen LogP contribution in [0.2, 0.25) is 26.2 Å². The van der Waals surface area contributed by atoms with Gasteiger partial charge < -0.3 is 0 Å². The SMILES string of the molecule is C[Si](C)(c1ccccc1)C([Si](C)(C)c1ccccc1)P(=S)(C1CCCCC1)C1CCCCC1. The third kappa shape index (κ3) is 5.08. The molecular formula is C29H45PSSi2. The van der Waals surface area contributed by atoms with Crippen LogP contribution in [0.4, 0.5) is 0 Å². The Morgan fingerprint density at radius 3 is 1.27 bits per heavy atom. The lowest BCUT2D eigenvalue weighted by Gasteiger charge is -2.55. The summed E-state index contributed by atoms with van der Waals surface area (Å²) in [6, 6.07) is 21.7. The molecule has 2 aromatic rings. The Kier molecular flexibility index (Phi) is 8.26. The van der Waals surface area contributed by atoms with Crippen molar-refractivity contribution in [3.63, 3.8) is 0 Å². The summed E-state index contributed by atoms with van der Waals surface area (Å²) in [5.74, 6) is 0. The first-order valence-electron chi connectivity index (χ1n) is 13.5. The van der Waals surface area contributed by atoms with Crippen molar-refractivity contribution in [2.45, 2.75) is 107 Å². The third-order valence-corrected chi connectivity index (χ3v) is 33.9. The van der Waals surface area contributed by atoms with Crippen LogP contribution in [-0.4, -0.2) is 32.4 Å². The lowest BCUT2D eigenvalue weighted by molar-refractivity contribution is 0.483. The van der Waals surface area contributed by atoms with Gasteiger partial charge in [0.15, 0.2) is 0 Å². The molecule has 2 aliphatic carbocycles. The van der Waals surface area contributed by atoms with Gasteiger partial charge in [0.25, 0.3) is 0 Å². The van der Waals surface area contributed by atoms with Crippen molar-refractivity contribution in [1.82, 2.24) is 0 Å². The largest absolute Gasteiger partial charge is 0.0972 e. The first kappa shape index (κ1) is 25.6. The monoisotopic (exact) mass is 512 g/mol. The van der Waals surface area contributed by atoms with Crippen molar-refractivity contribution in [3.8, 4) is 0 Å². The minimum Gasteiger partial charge on any atom is -0.0972 e. The summed E-state index contributed by atoms with van der Waals surface area (Å²) in [4.78, 5) is 0.767. The summed E-state index contributed by atoms with van der Waals surface area (Å²) in [6.07, 6.45) is 14.2. The van der Waals surface area contributed by atoms with Gasteiger partial charge in [-0.3, -0.25) is 0 Å². The highest BCUT2D eigenvalue weighted by atomic mass is 32.4. The van der Waals surface area contributed by atoms with E-state index >= 15 is 0 Å². The van der Waals surface area contributed by atoms with Crippen LogP contribution in [0.25, 0.3) is 0 Å². The van der Waals surface area contributed by atoms with Crippen molar-refractivity contribution < 1.29 is 0 Å². The van der Waals surface area contributed by atoms with Crippen LogP contribution >= 0.6 is 6.04 Å². The van der Waals surface area contributed by atoms with E-state index in [9.17, 15) is 0 Å². The van der Waals surface area contributed by atoms with E-state index in [1.54, 1.807) is 10.4 Å². The van der Waals surface area contributed by atoms with Gasteiger partial charge in [-0.2, -0.15) is 0 Å². The Labute approximate surface area is 211 Å². The van der Waals surface area contributed by atoms with Crippen LogP contribution < -0.4 is 10.4 Å². The molecule has 0 N–H and O–H groups in total. The van der Waals surface area contributed by atoms with Gasteiger partial charge in [0.05, 0.1) is 16.1 Å². The molecule has 0 atom stereocenters. The van der Waals surface area contributed by atoms with Crippen LogP contribution in [0.1, 0.15) is 64.2 Å². The summed E-state index contributed by atoms with van der Waals surface area (Å²) < 4.78 is 0. The van der Waals surface area contributed by atoms with Gasteiger partial charge in [0, 0.05) is 0 Å². The van der Waals surface area contributed by atoms with E-state index in [1.165, 1.54) is 64.2 Å². The van der Waals surface area contributed by atoms with Gasteiger partial charge in [-0.15, -0.1) is 0 Å². The maximum Gasteiger partial charge on any atom is 0.0863 e. The van der Waals surface area contributed by atoms with Gasteiger partial charge in [-0.1, -0.05) is 148 Å².